The second-order valence-electron chi connectivity index (χ2n) is 3.64. The van der Waals surface area contributed by atoms with Crippen LogP contribution >= 0.6 is 0 Å². The lowest BCUT2D eigenvalue weighted by Crippen LogP contribution is -2.08. The third kappa shape index (κ3) is 1.41. The summed E-state index contributed by atoms with van der Waals surface area (Å²) in [5.41, 5.74) is 1.72. The van der Waals surface area contributed by atoms with Gasteiger partial charge in [-0.15, -0.1) is 0 Å². The molecule has 3 heteroatoms. The summed E-state index contributed by atoms with van der Waals surface area (Å²) in [6.45, 7) is 3.80. The minimum Gasteiger partial charge on any atom is -0.294 e. The van der Waals surface area contributed by atoms with Crippen molar-refractivity contribution in [3.8, 4) is 0 Å². The van der Waals surface area contributed by atoms with E-state index in [1.165, 1.54) is 0 Å². The molecule has 0 N–H and O–H groups in total. The monoisotopic (exact) mass is 188 g/mol. The molecule has 3 nitrogen and oxygen atoms in total. The van der Waals surface area contributed by atoms with E-state index in [0.717, 1.165) is 11.1 Å². The van der Waals surface area contributed by atoms with Crippen LogP contribution in [0.2, 0.25) is 0 Å². The van der Waals surface area contributed by atoms with Crippen molar-refractivity contribution in [2.45, 2.75) is 13.8 Å². The van der Waals surface area contributed by atoms with E-state index in [4.69, 9.17) is 0 Å². The Morgan fingerprint density at radius 1 is 1.36 bits per heavy atom. The van der Waals surface area contributed by atoms with E-state index in [2.05, 4.69) is 5.10 Å². The zero-order valence-electron chi connectivity index (χ0n) is 8.27. The first-order valence-electron chi connectivity index (χ1n) is 4.66. The molecule has 2 rings (SSSR count). The second-order valence-corrected chi connectivity index (χ2v) is 3.64. The van der Waals surface area contributed by atoms with Crippen LogP contribution in [0.25, 0.3) is 5.52 Å². The van der Waals surface area contributed by atoms with Gasteiger partial charge in [-0.25, -0.2) is 4.52 Å². The smallest absolute Gasteiger partial charge is 0.166 e. The van der Waals surface area contributed by atoms with Crippen LogP contribution < -0.4 is 0 Å². The van der Waals surface area contributed by atoms with Crippen LogP contribution in [0.1, 0.15) is 24.2 Å². The third-order valence-corrected chi connectivity index (χ3v) is 2.20. The lowest BCUT2D eigenvalue weighted by Gasteiger charge is -2.03. The summed E-state index contributed by atoms with van der Waals surface area (Å²) >= 11 is 0. The molecule has 72 valence electrons. The lowest BCUT2D eigenvalue weighted by molar-refractivity contribution is 0.0939. The Morgan fingerprint density at radius 3 is 2.86 bits per heavy atom. The molecule has 2 aromatic rings. The molecule has 2 aromatic heterocycles. The molecule has 0 amide bonds. The molecule has 0 bridgehead atoms. The minimum absolute atomic E-state index is 0.0306. The summed E-state index contributed by atoms with van der Waals surface area (Å²) in [7, 11) is 0. The van der Waals surface area contributed by atoms with Crippen molar-refractivity contribution in [3.05, 3.63) is 36.2 Å². The molecule has 0 spiro atoms. The van der Waals surface area contributed by atoms with Crippen LogP contribution in [-0.2, 0) is 0 Å². The number of pyridine rings is 1. The maximum absolute atomic E-state index is 11.7. The van der Waals surface area contributed by atoms with E-state index >= 15 is 0 Å². The fourth-order valence-corrected chi connectivity index (χ4v) is 1.39. The highest BCUT2D eigenvalue weighted by Gasteiger charge is 2.10. The number of hydrogen-bond donors (Lipinski definition) is 0. The molecule has 2 heterocycles. The van der Waals surface area contributed by atoms with Crippen molar-refractivity contribution in [2.75, 3.05) is 0 Å². The predicted octanol–water partition coefficient (Wildman–Crippen LogP) is 2.17. The van der Waals surface area contributed by atoms with Crippen molar-refractivity contribution in [3.63, 3.8) is 0 Å². The molecule has 0 aliphatic carbocycles. The van der Waals surface area contributed by atoms with Crippen molar-refractivity contribution in [2.24, 2.45) is 5.92 Å². The average Bonchev–Trinajstić information content (AvgIpc) is 2.62. The van der Waals surface area contributed by atoms with Gasteiger partial charge < -0.3 is 0 Å². The summed E-state index contributed by atoms with van der Waals surface area (Å²) in [4.78, 5) is 11.7. The van der Waals surface area contributed by atoms with Gasteiger partial charge in [0.15, 0.2) is 5.78 Å². The number of aromatic nitrogens is 2. The van der Waals surface area contributed by atoms with E-state index in [1.807, 2.05) is 32.0 Å². The van der Waals surface area contributed by atoms with Gasteiger partial charge in [0, 0.05) is 23.9 Å². The third-order valence-electron chi connectivity index (χ3n) is 2.20. The number of Topliss-reactive ketones (excluding diaryl/α,β-unsaturated/α-hetero) is 1. The highest BCUT2D eigenvalue weighted by molar-refractivity contribution is 5.97. The van der Waals surface area contributed by atoms with Crippen LogP contribution in [0.4, 0.5) is 0 Å². The number of nitrogens with zero attached hydrogens (tertiary/aromatic N) is 2. The fourth-order valence-electron chi connectivity index (χ4n) is 1.39. The fraction of sp³-hybridized carbons (Fsp3) is 0.273. The van der Waals surface area contributed by atoms with Crippen LogP contribution in [0, 0.1) is 5.92 Å². The largest absolute Gasteiger partial charge is 0.294 e. The topological polar surface area (TPSA) is 34.4 Å². The van der Waals surface area contributed by atoms with E-state index in [-0.39, 0.29) is 11.7 Å². The van der Waals surface area contributed by atoms with E-state index < -0.39 is 0 Å². The zero-order chi connectivity index (χ0) is 10.1. The first-order chi connectivity index (χ1) is 6.68. The van der Waals surface area contributed by atoms with Gasteiger partial charge in [-0.3, -0.25) is 4.79 Å². The van der Waals surface area contributed by atoms with Crippen molar-refractivity contribution >= 4 is 11.3 Å². The first-order valence-corrected chi connectivity index (χ1v) is 4.66. The Bertz CT molecular complexity index is 471. The molecule has 0 saturated carbocycles. The summed E-state index contributed by atoms with van der Waals surface area (Å²) in [5, 5.41) is 4.09. The molecule has 0 atom stereocenters. The van der Waals surface area contributed by atoms with Gasteiger partial charge in [0.05, 0.1) is 5.52 Å². The number of carbonyl (C=O) groups is 1. The Hall–Kier alpha value is -1.64. The number of fused-ring (bicyclic) bond motifs is 1. The Morgan fingerprint density at radius 2 is 2.14 bits per heavy atom. The van der Waals surface area contributed by atoms with E-state index in [0.29, 0.717) is 0 Å². The van der Waals surface area contributed by atoms with Gasteiger partial charge in [-0.1, -0.05) is 13.8 Å². The number of hydrogen-bond acceptors (Lipinski definition) is 2. The predicted molar refractivity (Wildman–Crippen MR) is 54.4 cm³/mol. The Labute approximate surface area is 82.4 Å². The maximum atomic E-state index is 11.7. The molecular formula is C11H12N2O. The average molecular weight is 188 g/mol. The second kappa shape index (κ2) is 3.25. The van der Waals surface area contributed by atoms with Gasteiger partial charge >= 0.3 is 0 Å². The SMILES string of the molecule is CC(C)C(=O)c1ccc2ccnn2c1. The summed E-state index contributed by atoms with van der Waals surface area (Å²) in [5.74, 6) is 0.186. The lowest BCUT2D eigenvalue weighted by atomic mass is 10.0. The highest BCUT2D eigenvalue weighted by Crippen LogP contribution is 2.10. The maximum Gasteiger partial charge on any atom is 0.166 e. The number of ketones is 1. The molecule has 0 saturated heterocycles. The number of carbonyl (C=O) groups excluding carboxylic acids is 1. The molecule has 0 aliphatic heterocycles. The number of rotatable bonds is 2. The summed E-state index contributed by atoms with van der Waals surface area (Å²) in [6, 6.07) is 5.66. The molecule has 0 aromatic carbocycles. The van der Waals surface area contributed by atoms with Crippen molar-refractivity contribution < 1.29 is 4.79 Å². The molecular weight excluding hydrogens is 176 g/mol. The van der Waals surface area contributed by atoms with Crippen molar-refractivity contribution in [1.82, 2.24) is 9.61 Å². The van der Waals surface area contributed by atoms with E-state index in [9.17, 15) is 4.79 Å². The Balaban J connectivity index is 2.48. The molecule has 0 fully saturated rings. The van der Waals surface area contributed by atoms with Gasteiger partial charge in [-0.05, 0) is 18.2 Å². The van der Waals surface area contributed by atoms with Gasteiger partial charge in [0.25, 0.3) is 0 Å². The Kier molecular flexibility index (Phi) is 2.08. The van der Waals surface area contributed by atoms with Gasteiger partial charge in [0.2, 0.25) is 0 Å². The van der Waals surface area contributed by atoms with Crippen LogP contribution in [0.3, 0.4) is 0 Å². The van der Waals surface area contributed by atoms with Crippen LogP contribution in [0.5, 0.6) is 0 Å². The van der Waals surface area contributed by atoms with E-state index in [1.54, 1.807) is 16.9 Å². The quantitative estimate of drug-likeness (QED) is 0.677. The van der Waals surface area contributed by atoms with Crippen LogP contribution in [0.15, 0.2) is 30.6 Å². The molecule has 14 heavy (non-hydrogen) atoms. The first kappa shape index (κ1) is 8.94. The molecule has 0 radical (unpaired) electrons. The summed E-state index contributed by atoms with van der Waals surface area (Å²) < 4.78 is 1.72. The minimum atomic E-state index is 0.0306. The van der Waals surface area contributed by atoms with Gasteiger partial charge in [0.1, 0.15) is 0 Å². The van der Waals surface area contributed by atoms with Crippen molar-refractivity contribution in [1.29, 1.82) is 0 Å². The highest BCUT2D eigenvalue weighted by atomic mass is 16.1. The molecule has 0 unspecified atom stereocenters. The summed E-state index contributed by atoms with van der Waals surface area (Å²) in [6.07, 6.45) is 3.50. The zero-order valence-corrected chi connectivity index (χ0v) is 8.27. The van der Waals surface area contributed by atoms with Gasteiger partial charge in [-0.2, -0.15) is 5.10 Å². The normalized spacial score (nSPS) is 11.1. The standard InChI is InChI=1S/C11H12N2O/c1-8(2)11(14)9-3-4-10-5-6-12-13(10)7-9/h3-8H,1-2H3. The van der Waals surface area contributed by atoms with Crippen LogP contribution in [-0.4, -0.2) is 15.4 Å². The molecule has 0 aliphatic rings.